The van der Waals surface area contributed by atoms with Crippen molar-refractivity contribution in [3.8, 4) is 5.75 Å². The van der Waals surface area contributed by atoms with E-state index < -0.39 is 0 Å². The first kappa shape index (κ1) is 17.7. The Morgan fingerprint density at radius 1 is 1.36 bits per heavy atom. The van der Waals surface area contributed by atoms with E-state index in [2.05, 4.69) is 26.1 Å². The van der Waals surface area contributed by atoms with Crippen molar-refractivity contribution in [1.29, 1.82) is 0 Å². The van der Waals surface area contributed by atoms with Crippen molar-refractivity contribution in [2.24, 2.45) is 0 Å². The molecule has 1 unspecified atom stereocenters. The first-order valence-corrected chi connectivity index (χ1v) is 8.80. The van der Waals surface area contributed by atoms with E-state index in [1.165, 1.54) is 4.90 Å². The molecule has 2 heterocycles. The van der Waals surface area contributed by atoms with Crippen molar-refractivity contribution < 1.29 is 19.1 Å². The maximum atomic E-state index is 12.3. The van der Waals surface area contributed by atoms with Crippen LogP contribution in [0.4, 0.5) is 5.69 Å². The van der Waals surface area contributed by atoms with E-state index in [4.69, 9.17) is 9.47 Å². The molecular formula is C19H26N2O4. The third-order valence-corrected chi connectivity index (χ3v) is 4.62. The summed E-state index contributed by atoms with van der Waals surface area (Å²) >= 11 is 0. The van der Waals surface area contributed by atoms with Crippen LogP contribution in [0.3, 0.4) is 0 Å². The molecule has 1 fully saturated rings. The maximum absolute atomic E-state index is 12.3. The fraction of sp³-hybridized carbons (Fsp3) is 0.579. The molecule has 0 saturated carbocycles. The van der Waals surface area contributed by atoms with E-state index in [0.717, 1.165) is 25.0 Å². The summed E-state index contributed by atoms with van der Waals surface area (Å²) in [4.78, 5) is 26.1. The Kier molecular flexibility index (Phi) is 4.99. The van der Waals surface area contributed by atoms with Crippen molar-refractivity contribution in [2.45, 2.75) is 45.1 Å². The van der Waals surface area contributed by atoms with E-state index in [0.29, 0.717) is 18.0 Å². The van der Waals surface area contributed by atoms with Crippen LogP contribution in [0, 0.1) is 0 Å². The molecule has 2 amide bonds. The Balaban J connectivity index is 1.72. The van der Waals surface area contributed by atoms with Gasteiger partial charge in [0.1, 0.15) is 12.3 Å². The number of nitrogens with zero attached hydrogens (tertiary/aromatic N) is 1. The number of hydrogen-bond donors (Lipinski definition) is 1. The summed E-state index contributed by atoms with van der Waals surface area (Å²) < 4.78 is 11.0. The second kappa shape index (κ2) is 7.04. The minimum absolute atomic E-state index is 0.00445. The first-order valence-electron chi connectivity index (χ1n) is 8.80. The van der Waals surface area contributed by atoms with Gasteiger partial charge in [-0.2, -0.15) is 0 Å². The average molecular weight is 346 g/mol. The van der Waals surface area contributed by atoms with Gasteiger partial charge in [-0.1, -0.05) is 26.8 Å². The van der Waals surface area contributed by atoms with Crippen molar-refractivity contribution in [3.63, 3.8) is 0 Å². The number of fused-ring (bicyclic) bond motifs is 1. The number of benzene rings is 1. The highest BCUT2D eigenvalue weighted by Crippen LogP contribution is 2.36. The maximum Gasteiger partial charge on any atom is 0.265 e. The van der Waals surface area contributed by atoms with Gasteiger partial charge in [0, 0.05) is 13.2 Å². The molecule has 1 N–H and O–H groups in total. The summed E-state index contributed by atoms with van der Waals surface area (Å²) in [5, 5.41) is 2.87. The topological polar surface area (TPSA) is 67.9 Å². The van der Waals surface area contributed by atoms with Crippen LogP contribution in [0.15, 0.2) is 18.2 Å². The second-order valence-electron chi connectivity index (χ2n) is 7.64. The molecule has 0 bridgehead atoms. The fourth-order valence-electron chi connectivity index (χ4n) is 3.07. The average Bonchev–Trinajstić information content (AvgIpc) is 3.08. The van der Waals surface area contributed by atoms with Gasteiger partial charge in [0.2, 0.25) is 5.91 Å². The molecule has 1 saturated heterocycles. The lowest BCUT2D eigenvalue weighted by atomic mass is 9.86. The highest BCUT2D eigenvalue weighted by Gasteiger charge is 2.29. The quantitative estimate of drug-likeness (QED) is 0.905. The molecule has 0 aliphatic carbocycles. The molecule has 6 nitrogen and oxygen atoms in total. The molecule has 25 heavy (non-hydrogen) atoms. The van der Waals surface area contributed by atoms with Crippen LogP contribution >= 0.6 is 0 Å². The molecular weight excluding hydrogens is 320 g/mol. The monoisotopic (exact) mass is 346 g/mol. The van der Waals surface area contributed by atoms with Crippen molar-refractivity contribution in [1.82, 2.24) is 5.32 Å². The van der Waals surface area contributed by atoms with Crippen molar-refractivity contribution in [3.05, 3.63) is 23.8 Å². The molecule has 6 heteroatoms. The molecule has 0 radical (unpaired) electrons. The molecule has 2 aliphatic heterocycles. The molecule has 0 aromatic heterocycles. The molecule has 136 valence electrons. The summed E-state index contributed by atoms with van der Waals surface area (Å²) in [5.41, 5.74) is 1.70. The zero-order valence-corrected chi connectivity index (χ0v) is 15.1. The van der Waals surface area contributed by atoms with Gasteiger partial charge in [0.15, 0.2) is 6.61 Å². The Bertz CT molecular complexity index is 660. The summed E-state index contributed by atoms with van der Waals surface area (Å²) in [7, 11) is 0. The van der Waals surface area contributed by atoms with Crippen LogP contribution in [0.25, 0.3) is 0 Å². The standard InChI is InChI=1S/C19H26N2O4/c1-19(2,3)13-6-7-16-15(9-13)21(18(23)12-25-16)11-17(22)20-10-14-5-4-8-24-14/h6-7,9,14H,4-5,8,10-12H2,1-3H3,(H,20,22). The Hall–Kier alpha value is -2.08. The van der Waals surface area contributed by atoms with Crippen LogP contribution in [0.5, 0.6) is 5.75 Å². The van der Waals surface area contributed by atoms with E-state index >= 15 is 0 Å². The van der Waals surface area contributed by atoms with Gasteiger partial charge in [-0.15, -0.1) is 0 Å². The Morgan fingerprint density at radius 2 is 2.16 bits per heavy atom. The summed E-state index contributed by atoms with van der Waals surface area (Å²) in [6, 6.07) is 5.82. The summed E-state index contributed by atoms with van der Waals surface area (Å²) in [6.07, 6.45) is 2.09. The minimum atomic E-state index is -0.203. The molecule has 3 rings (SSSR count). The number of anilines is 1. The van der Waals surface area contributed by atoms with E-state index in [1.54, 1.807) is 0 Å². The van der Waals surface area contributed by atoms with Gasteiger partial charge in [0.05, 0.1) is 11.8 Å². The third-order valence-electron chi connectivity index (χ3n) is 4.62. The number of amides is 2. The van der Waals surface area contributed by atoms with Crippen LogP contribution in [0.2, 0.25) is 0 Å². The lowest BCUT2D eigenvalue weighted by molar-refractivity contribution is -0.125. The van der Waals surface area contributed by atoms with E-state index in [1.807, 2.05) is 18.2 Å². The van der Waals surface area contributed by atoms with E-state index in [-0.39, 0.29) is 36.5 Å². The smallest absolute Gasteiger partial charge is 0.265 e. The normalized spacial score (nSPS) is 20.2. The number of hydrogen-bond acceptors (Lipinski definition) is 4. The van der Waals surface area contributed by atoms with Gasteiger partial charge in [-0.05, 0) is 36.0 Å². The second-order valence-corrected chi connectivity index (χ2v) is 7.64. The number of carbonyl (C=O) groups excluding carboxylic acids is 2. The van der Waals surface area contributed by atoms with Crippen LogP contribution < -0.4 is 15.0 Å². The van der Waals surface area contributed by atoms with Gasteiger partial charge >= 0.3 is 0 Å². The summed E-state index contributed by atoms with van der Waals surface area (Å²) in [5.74, 6) is 0.253. The van der Waals surface area contributed by atoms with E-state index in [9.17, 15) is 9.59 Å². The predicted octanol–water partition coefficient (Wildman–Crippen LogP) is 2.00. The number of nitrogens with one attached hydrogen (secondary N) is 1. The molecule has 0 spiro atoms. The lowest BCUT2D eigenvalue weighted by Gasteiger charge is -2.31. The van der Waals surface area contributed by atoms with Crippen LogP contribution in [-0.2, 0) is 19.7 Å². The van der Waals surface area contributed by atoms with Gasteiger partial charge in [-0.25, -0.2) is 0 Å². The van der Waals surface area contributed by atoms with Crippen molar-refractivity contribution >= 4 is 17.5 Å². The zero-order valence-electron chi connectivity index (χ0n) is 15.1. The largest absolute Gasteiger partial charge is 0.482 e. The first-order chi connectivity index (χ1) is 11.8. The third kappa shape index (κ3) is 4.12. The predicted molar refractivity (Wildman–Crippen MR) is 95.0 cm³/mol. The Morgan fingerprint density at radius 3 is 2.84 bits per heavy atom. The van der Waals surface area contributed by atoms with Crippen LogP contribution in [0.1, 0.15) is 39.2 Å². The number of ether oxygens (including phenoxy) is 2. The van der Waals surface area contributed by atoms with Crippen molar-refractivity contribution in [2.75, 3.05) is 31.2 Å². The lowest BCUT2D eigenvalue weighted by Crippen LogP contribution is -2.46. The zero-order chi connectivity index (χ0) is 18.0. The molecule has 1 atom stereocenters. The minimum Gasteiger partial charge on any atom is -0.482 e. The van der Waals surface area contributed by atoms with Gasteiger partial charge < -0.3 is 14.8 Å². The van der Waals surface area contributed by atoms with Gasteiger partial charge in [0.25, 0.3) is 5.91 Å². The molecule has 1 aromatic carbocycles. The summed E-state index contributed by atoms with van der Waals surface area (Å²) in [6.45, 7) is 7.53. The fourth-order valence-corrected chi connectivity index (χ4v) is 3.07. The van der Waals surface area contributed by atoms with Crippen LogP contribution in [-0.4, -0.2) is 44.2 Å². The SMILES string of the molecule is CC(C)(C)c1ccc2c(c1)N(CC(=O)NCC1CCCO1)C(=O)CO2. The highest BCUT2D eigenvalue weighted by atomic mass is 16.5. The molecule has 1 aromatic rings. The Labute approximate surface area is 148 Å². The number of carbonyl (C=O) groups is 2. The number of rotatable bonds is 4. The molecule has 2 aliphatic rings. The van der Waals surface area contributed by atoms with Gasteiger partial charge in [-0.3, -0.25) is 14.5 Å². The highest BCUT2D eigenvalue weighted by molar-refractivity contribution is 6.02.